The Labute approximate surface area is 145 Å². The summed E-state index contributed by atoms with van der Waals surface area (Å²) >= 11 is 0. The number of nitrogens with two attached hydrogens (primary N) is 1. The predicted octanol–water partition coefficient (Wildman–Crippen LogP) is 2.66. The third-order valence-corrected chi connectivity index (χ3v) is 5.15. The van der Waals surface area contributed by atoms with Crippen LogP contribution in [0.2, 0.25) is 0 Å². The summed E-state index contributed by atoms with van der Waals surface area (Å²) < 4.78 is 46.1. The van der Waals surface area contributed by atoms with Crippen LogP contribution in [-0.4, -0.2) is 37.5 Å². The Kier molecular flexibility index (Phi) is 4.49. The number of alkyl halides is 3. The highest BCUT2D eigenvalue weighted by atomic mass is 19.4. The maximum absolute atomic E-state index is 13.3. The van der Waals surface area contributed by atoms with Gasteiger partial charge in [-0.2, -0.15) is 13.2 Å². The highest BCUT2D eigenvalue weighted by molar-refractivity contribution is 5.64. The van der Waals surface area contributed by atoms with Gasteiger partial charge in [0.15, 0.2) is 0 Å². The number of piperidine rings is 1. The Morgan fingerprint density at radius 1 is 1.48 bits per heavy atom. The van der Waals surface area contributed by atoms with Crippen molar-refractivity contribution in [2.24, 2.45) is 5.73 Å². The van der Waals surface area contributed by atoms with Crippen molar-refractivity contribution < 1.29 is 17.9 Å². The lowest BCUT2D eigenvalue weighted by Crippen LogP contribution is -2.57. The molecule has 7 heteroatoms. The standard InChI is InChI=1S/C18H24F3N3O/c1-10-7-17(8-15(24-10)14(22)9-23-3)16-11(2)13(18(19,20)21)6-12(16)4-5-25-17/h6,9-10,15,23-24H,2,4-5,7-8,22H2,1,3H3/b14-9-. The summed E-state index contributed by atoms with van der Waals surface area (Å²) in [6.07, 6.45) is 0.0920. The van der Waals surface area contributed by atoms with E-state index in [-0.39, 0.29) is 17.7 Å². The molecule has 0 aromatic rings. The fourth-order valence-electron chi connectivity index (χ4n) is 4.28. The van der Waals surface area contributed by atoms with Gasteiger partial charge in [0.05, 0.1) is 23.8 Å². The molecule has 25 heavy (non-hydrogen) atoms. The molecule has 3 unspecified atom stereocenters. The van der Waals surface area contributed by atoms with Gasteiger partial charge >= 0.3 is 6.18 Å². The van der Waals surface area contributed by atoms with Crippen molar-refractivity contribution in [3.63, 3.8) is 0 Å². The van der Waals surface area contributed by atoms with Crippen LogP contribution in [0, 0.1) is 0 Å². The van der Waals surface area contributed by atoms with E-state index in [9.17, 15) is 13.2 Å². The molecule has 138 valence electrons. The molecule has 2 heterocycles. The molecule has 1 fully saturated rings. The van der Waals surface area contributed by atoms with Crippen LogP contribution in [0.4, 0.5) is 13.2 Å². The van der Waals surface area contributed by atoms with Gasteiger partial charge in [-0.1, -0.05) is 6.58 Å². The Bertz CT molecular complexity index is 678. The number of ether oxygens (including phenoxy) is 1. The van der Waals surface area contributed by atoms with Gasteiger partial charge in [0, 0.05) is 31.4 Å². The number of hydrogen-bond donors (Lipinski definition) is 3. The molecule has 3 rings (SSSR count). The second-order valence-corrected chi connectivity index (χ2v) is 6.99. The van der Waals surface area contributed by atoms with Crippen molar-refractivity contribution in [2.75, 3.05) is 13.7 Å². The van der Waals surface area contributed by atoms with Crippen LogP contribution in [0.3, 0.4) is 0 Å². The molecular formula is C18H24F3N3O. The monoisotopic (exact) mass is 355 g/mol. The van der Waals surface area contributed by atoms with Gasteiger partial charge < -0.3 is 21.1 Å². The average molecular weight is 355 g/mol. The van der Waals surface area contributed by atoms with E-state index >= 15 is 0 Å². The van der Waals surface area contributed by atoms with Crippen molar-refractivity contribution in [1.29, 1.82) is 0 Å². The molecule has 0 saturated carbocycles. The van der Waals surface area contributed by atoms with E-state index in [0.717, 1.165) is 0 Å². The van der Waals surface area contributed by atoms with Crippen LogP contribution in [0.25, 0.3) is 0 Å². The Morgan fingerprint density at radius 2 is 2.20 bits per heavy atom. The minimum Gasteiger partial charge on any atom is -0.400 e. The van der Waals surface area contributed by atoms with E-state index in [4.69, 9.17) is 10.5 Å². The molecule has 0 radical (unpaired) electrons. The van der Waals surface area contributed by atoms with Crippen molar-refractivity contribution in [3.05, 3.63) is 46.8 Å². The summed E-state index contributed by atoms with van der Waals surface area (Å²) in [5, 5.41) is 6.30. The molecule has 3 atom stereocenters. The molecule has 1 aliphatic carbocycles. The molecule has 3 aliphatic rings. The van der Waals surface area contributed by atoms with E-state index < -0.39 is 17.4 Å². The van der Waals surface area contributed by atoms with Crippen LogP contribution in [0.15, 0.2) is 46.8 Å². The van der Waals surface area contributed by atoms with E-state index in [2.05, 4.69) is 17.2 Å². The van der Waals surface area contributed by atoms with Gasteiger partial charge in [0.1, 0.15) is 0 Å². The van der Waals surface area contributed by atoms with Crippen LogP contribution in [0.5, 0.6) is 0 Å². The van der Waals surface area contributed by atoms with Gasteiger partial charge in [-0.15, -0.1) is 0 Å². The summed E-state index contributed by atoms with van der Waals surface area (Å²) in [6, 6.07) is -0.122. The van der Waals surface area contributed by atoms with Crippen LogP contribution in [-0.2, 0) is 4.74 Å². The molecule has 4 N–H and O–H groups in total. The van der Waals surface area contributed by atoms with Crippen LogP contribution in [0.1, 0.15) is 26.2 Å². The van der Waals surface area contributed by atoms with Crippen molar-refractivity contribution >= 4 is 0 Å². The summed E-state index contributed by atoms with van der Waals surface area (Å²) in [4.78, 5) is 0. The third kappa shape index (κ3) is 3.11. The van der Waals surface area contributed by atoms with Gasteiger partial charge in [-0.3, -0.25) is 0 Å². The number of rotatable bonds is 2. The maximum atomic E-state index is 13.3. The average Bonchev–Trinajstić information content (AvgIpc) is 2.85. The number of halogens is 3. The SMILES string of the molecule is C=C1C(C(F)(F)F)=CC2=C1C1(CC(C)NC(/C(N)=C/NC)C1)OCC2. The van der Waals surface area contributed by atoms with Gasteiger partial charge in [0.2, 0.25) is 0 Å². The maximum Gasteiger partial charge on any atom is 0.416 e. The van der Waals surface area contributed by atoms with Crippen molar-refractivity contribution in [2.45, 2.75) is 50.0 Å². The fraction of sp³-hybridized carbons (Fsp3) is 0.556. The molecular weight excluding hydrogens is 331 g/mol. The number of allylic oxidation sites excluding steroid dienone is 2. The molecule has 0 aromatic heterocycles. The van der Waals surface area contributed by atoms with Crippen molar-refractivity contribution in [3.8, 4) is 0 Å². The topological polar surface area (TPSA) is 59.3 Å². The minimum absolute atomic E-state index is 0.0474. The highest BCUT2D eigenvalue weighted by Gasteiger charge is 2.51. The second kappa shape index (κ2) is 6.21. The Morgan fingerprint density at radius 3 is 2.84 bits per heavy atom. The fourth-order valence-corrected chi connectivity index (χ4v) is 4.28. The third-order valence-electron chi connectivity index (χ3n) is 5.15. The quantitative estimate of drug-likeness (QED) is 0.713. The van der Waals surface area contributed by atoms with Gasteiger partial charge in [0.25, 0.3) is 0 Å². The zero-order valence-corrected chi connectivity index (χ0v) is 14.5. The molecule has 0 amide bonds. The molecule has 4 nitrogen and oxygen atoms in total. The summed E-state index contributed by atoms with van der Waals surface area (Å²) in [5.41, 5.74) is 6.67. The van der Waals surface area contributed by atoms with Gasteiger partial charge in [-0.05, 0) is 42.6 Å². The lowest BCUT2D eigenvalue weighted by Gasteiger charge is -2.48. The first-order chi connectivity index (χ1) is 11.7. The lowest BCUT2D eigenvalue weighted by atomic mass is 9.73. The lowest BCUT2D eigenvalue weighted by molar-refractivity contribution is -0.0896. The molecule has 1 spiro atoms. The predicted molar refractivity (Wildman–Crippen MR) is 90.6 cm³/mol. The van der Waals surface area contributed by atoms with E-state index in [1.807, 2.05) is 6.92 Å². The molecule has 2 aliphatic heterocycles. The molecule has 0 bridgehead atoms. The first-order valence-electron chi connectivity index (χ1n) is 8.43. The van der Waals surface area contributed by atoms with Crippen molar-refractivity contribution in [1.82, 2.24) is 10.6 Å². The summed E-state index contributed by atoms with van der Waals surface area (Å²) in [5.74, 6) is 0. The summed E-state index contributed by atoms with van der Waals surface area (Å²) in [7, 11) is 1.75. The molecule has 0 aromatic carbocycles. The second-order valence-electron chi connectivity index (χ2n) is 6.99. The normalized spacial score (nSPS) is 33.6. The number of hydrogen-bond acceptors (Lipinski definition) is 4. The van der Waals surface area contributed by atoms with Crippen LogP contribution < -0.4 is 16.4 Å². The molecule has 1 saturated heterocycles. The highest BCUT2D eigenvalue weighted by Crippen LogP contribution is 2.51. The first kappa shape index (κ1) is 18.1. The smallest absolute Gasteiger partial charge is 0.400 e. The van der Waals surface area contributed by atoms with Gasteiger partial charge in [-0.25, -0.2) is 0 Å². The minimum atomic E-state index is -4.40. The Balaban J connectivity index is 1.98. The number of fused-ring (bicyclic) bond motifs is 1. The van der Waals surface area contributed by atoms with E-state index in [1.54, 1.807) is 13.2 Å². The zero-order valence-electron chi connectivity index (χ0n) is 14.5. The Hall–Kier alpha value is -1.73. The zero-order chi connectivity index (χ0) is 18.4. The number of nitrogens with one attached hydrogen (secondary N) is 2. The van der Waals surface area contributed by atoms with E-state index in [1.165, 1.54) is 6.08 Å². The first-order valence-corrected chi connectivity index (χ1v) is 8.43. The van der Waals surface area contributed by atoms with Crippen LogP contribution >= 0.6 is 0 Å². The largest absolute Gasteiger partial charge is 0.416 e. The summed E-state index contributed by atoms with van der Waals surface area (Å²) in [6.45, 7) is 6.16. The van der Waals surface area contributed by atoms with E-state index in [0.29, 0.717) is 42.7 Å².